The van der Waals surface area contributed by atoms with E-state index in [1.165, 1.54) is 0 Å². The molecule has 1 aromatic rings. The second kappa shape index (κ2) is 6.52. The van der Waals surface area contributed by atoms with E-state index in [1.807, 2.05) is 31.2 Å². The van der Waals surface area contributed by atoms with E-state index in [0.29, 0.717) is 19.4 Å². The van der Waals surface area contributed by atoms with Gasteiger partial charge in [-0.2, -0.15) is 0 Å². The largest absolute Gasteiger partial charge is 0.368 e. The van der Waals surface area contributed by atoms with Crippen molar-refractivity contribution in [1.82, 2.24) is 5.32 Å². The fourth-order valence-electron chi connectivity index (χ4n) is 2.35. The molecular formula is C15H20N2O3. The Morgan fingerprint density at radius 2 is 2.30 bits per heavy atom. The number of hydrogen-bond donors (Lipinski definition) is 2. The predicted octanol–water partition coefficient (Wildman–Crippen LogP) is 0.687. The summed E-state index contributed by atoms with van der Waals surface area (Å²) < 4.78 is 5.30. The smallest absolute Gasteiger partial charge is 0.249 e. The van der Waals surface area contributed by atoms with Crippen LogP contribution >= 0.6 is 0 Å². The number of primary amides is 1. The number of nitrogens with two attached hydrogens (primary N) is 1. The Bertz CT molecular complexity index is 496. The first kappa shape index (κ1) is 14.5. The van der Waals surface area contributed by atoms with Gasteiger partial charge in [0.1, 0.15) is 12.1 Å². The molecule has 1 fully saturated rings. The molecule has 0 spiro atoms. The van der Waals surface area contributed by atoms with E-state index < -0.39 is 18.1 Å². The summed E-state index contributed by atoms with van der Waals surface area (Å²) in [4.78, 5) is 23.5. The minimum absolute atomic E-state index is 0.251. The van der Waals surface area contributed by atoms with Gasteiger partial charge in [0.15, 0.2) is 0 Å². The van der Waals surface area contributed by atoms with E-state index in [9.17, 15) is 9.59 Å². The first-order valence-corrected chi connectivity index (χ1v) is 6.83. The van der Waals surface area contributed by atoms with Gasteiger partial charge in [-0.05, 0) is 25.3 Å². The van der Waals surface area contributed by atoms with Crippen LogP contribution < -0.4 is 11.1 Å². The van der Waals surface area contributed by atoms with Gasteiger partial charge in [-0.25, -0.2) is 0 Å². The van der Waals surface area contributed by atoms with Crippen molar-refractivity contribution < 1.29 is 14.3 Å². The molecule has 2 rings (SSSR count). The molecule has 20 heavy (non-hydrogen) atoms. The lowest BCUT2D eigenvalue weighted by molar-refractivity contribution is -0.133. The highest BCUT2D eigenvalue weighted by Gasteiger charge is 2.27. The molecule has 0 radical (unpaired) electrons. The van der Waals surface area contributed by atoms with Crippen LogP contribution in [0.1, 0.15) is 24.0 Å². The Balaban J connectivity index is 2.00. The van der Waals surface area contributed by atoms with Gasteiger partial charge < -0.3 is 15.8 Å². The molecule has 108 valence electrons. The maximum atomic E-state index is 12.0. The number of amides is 2. The fourth-order valence-corrected chi connectivity index (χ4v) is 2.35. The minimum atomic E-state index is -0.700. The van der Waals surface area contributed by atoms with Crippen LogP contribution in [0.15, 0.2) is 24.3 Å². The normalized spacial score (nSPS) is 19.6. The average molecular weight is 276 g/mol. The summed E-state index contributed by atoms with van der Waals surface area (Å²) in [6.45, 7) is 2.57. The molecule has 0 aromatic heterocycles. The molecule has 2 atom stereocenters. The quantitative estimate of drug-likeness (QED) is 0.830. The molecule has 1 aliphatic rings. The topological polar surface area (TPSA) is 81.4 Å². The van der Waals surface area contributed by atoms with Crippen molar-refractivity contribution >= 4 is 11.8 Å². The van der Waals surface area contributed by atoms with Crippen molar-refractivity contribution in [3.05, 3.63) is 35.4 Å². The van der Waals surface area contributed by atoms with Crippen LogP contribution in [0.4, 0.5) is 0 Å². The van der Waals surface area contributed by atoms with Crippen LogP contribution in [0, 0.1) is 6.92 Å². The summed E-state index contributed by atoms with van der Waals surface area (Å²) in [6, 6.07) is 7.10. The molecule has 1 saturated heterocycles. The molecule has 5 heteroatoms. The van der Waals surface area contributed by atoms with Crippen LogP contribution in [0.5, 0.6) is 0 Å². The van der Waals surface area contributed by atoms with Crippen molar-refractivity contribution in [3.63, 3.8) is 0 Å². The van der Waals surface area contributed by atoms with Crippen LogP contribution in [-0.4, -0.2) is 30.6 Å². The van der Waals surface area contributed by atoms with Gasteiger partial charge in [-0.1, -0.05) is 29.8 Å². The maximum Gasteiger partial charge on any atom is 0.249 e. The lowest BCUT2D eigenvalue weighted by Gasteiger charge is -2.18. The molecule has 1 heterocycles. The third kappa shape index (κ3) is 3.81. The molecule has 0 unspecified atom stereocenters. The Morgan fingerprint density at radius 1 is 1.50 bits per heavy atom. The third-order valence-electron chi connectivity index (χ3n) is 3.40. The van der Waals surface area contributed by atoms with Crippen LogP contribution in [0.3, 0.4) is 0 Å². The Labute approximate surface area is 118 Å². The number of aryl methyl sites for hydroxylation is 1. The van der Waals surface area contributed by atoms with Crippen LogP contribution in [-0.2, 0) is 20.7 Å². The number of carbonyl (C=O) groups is 2. The molecule has 1 aromatic carbocycles. The van der Waals surface area contributed by atoms with Gasteiger partial charge in [-0.3, -0.25) is 9.59 Å². The van der Waals surface area contributed by atoms with E-state index in [0.717, 1.165) is 17.5 Å². The van der Waals surface area contributed by atoms with Crippen molar-refractivity contribution in [2.75, 3.05) is 6.61 Å². The number of hydrogen-bond acceptors (Lipinski definition) is 3. The number of rotatable bonds is 5. The van der Waals surface area contributed by atoms with E-state index in [2.05, 4.69) is 5.32 Å². The zero-order chi connectivity index (χ0) is 14.5. The Morgan fingerprint density at radius 3 is 2.90 bits per heavy atom. The van der Waals surface area contributed by atoms with Gasteiger partial charge in [0.25, 0.3) is 0 Å². The highest BCUT2D eigenvalue weighted by molar-refractivity contribution is 5.88. The summed E-state index contributed by atoms with van der Waals surface area (Å²) in [7, 11) is 0. The van der Waals surface area contributed by atoms with E-state index in [4.69, 9.17) is 10.5 Å². The van der Waals surface area contributed by atoms with Crippen molar-refractivity contribution in [1.29, 1.82) is 0 Å². The molecule has 2 amide bonds. The monoisotopic (exact) mass is 276 g/mol. The molecule has 0 bridgehead atoms. The molecule has 1 aliphatic heterocycles. The van der Waals surface area contributed by atoms with Gasteiger partial charge in [0.2, 0.25) is 11.8 Å². The van der Waals surface area contributed by atoms with Gasteiger partial charge in [0.05, 0.1) is 0 Å². The SMILES string of the molecule is Cc1cccc(C[C@H](NC(=O)[C@H]2CCCO2)C(N)=O)c1. The maximum absolute atomic E-state index is 12.0. The molecule has 0 saturated carbocycles. The predicted molar refractivity (Wildman–Crippen MR) is 75.0 cm³/mol. The number of nitrogens with one attached hydrogen (secondary N) is 1. The summed E-state index contributed by atoms with van der Waals surface area (Å²) in [5.41, 5.74) is 7.46. The first-order valence-electron chi connectivity index (χ1n) is 6.83. The zero-order valence-electron chi connectivity index (χ0n) is 11.6. The summed E-state index contributed by atoms with van der Waals surface area (Å²) in [5.74, 6) is -0.781. The number of carbonyl (C=O) groups excluding carboxylic acids is 2. The summed E-state index contributed by atoms with van der Waals surface area (Å²) in [6.07, 6.45) is 1.52. The zero-order valence-corrected chi connectivity index (χ0v) is 11.6. The van der Waals surface area contributed by atoms with Crippen LogP contribution in [0.25, 0.3) is 0 Å². The lowest BCUT2D eigenvalue weighted by Crippen LogP contribution is -2.49. The van der Waals surface area contributed by atoms with E-state index in [1.54, 1.807) is 0 Å². The Kier molecular flexibility index (Phi) is 4.74. The molecule has 3 N–H and O–H groups in total. The van der Waals surface area contributed by atoms with Gasteiger partial charge in [-0.15, -0.1) is 0 Å². The van der Waals surface area contributed by atoms with Gasteiger partial charge in [0, 0.05) is 13.0 Å². The second-order valence-electron chi connectivity index (χ2n) is 5.16. The summed E-state index contributed by atoms with van der Waals surface area (Å²) >= 11 is 0. The molecule has 5 nitrogen and oxygen atoms in total. The molecule has 0 aliphatic carbocycles. The highest BCUT2D eigenvalue weighted by Crippen LogP contribution is 2.13. The van der Waals surface area contributed by atoms with Gasteiger partial charge >= 0.3 is 0 Å². The number of ether oxygens (including phenoxy) is 1. The first-order chi connectivity index (χ1) is 9.56. The van der Waals surface area contributed by atoms with Crippen LogP contribution in [0.2, 0.25) is 0 Å². The van der Waals surface area contributed by atoms with Crippen molar-refractivity contribution in [2.24, 2.45) is 5.73 Å². The average Bonchev–Trinajstić information content (AvgIpc) is 2.91. The fraction of sp³-hybridized carbons (Fsp3) is 0.467. The summed E-state index contributed by atoms with van der Waals surface area (Å²) in [5, 5.41) is 2.69. The molecular weight excluding hydrogens is 256 g/mol. The van der Waals surface area contributed by atoms with E-state index in [-0.39, 0.29) is 5.91 Å². The third-order valence-corrected chi connectivity index (χ3v) is 3.40. The van der Waals surface area contributed by atoms with Crippen molar-refractivity contribution in [3.8, 4) is 0 Å². The standard InChI is InChI=1S/C15H20N2O3/c1-10-4-2-5-11(8-10)9-12(14(16)18)17-15(19)13-6-3-7-20-13/h2,4-5,8,12-13H,3,6-7,9H2,1H3,(H2,16,18)(H,17,19)/t12-,13+/m0/s1. The lowest BCUT2D eigenvalue weighted by atomic mass is 10.0. The van der Waals surface area contributed by atoms with Crippen molar-refractivity contribution in [2.45, 2.75) is 38.3 Å². The number of benzene rings is 1. The second-order valence-corrected chi connectivity index (χ2v) is 5.16. The Hall–Kier alpha value is -1.88. The highest BCUT2D eigenvalue weighted by atomic mass is 16.5. The van der Waals surface area contributed by atoms with E-state index >= 15 is 0 Å². The minimum Gasteiger partial charge on any atom is -0.368 e.